The van der Waals surface area contributed by atoms with Crippen LogP contribution >= 0.6 is 0 Å². The van der Waals surface area contributed by atoms with E-state index in [-0.39, 0.29) is 5.56 Å². The van der Waals surface area contributed by atoms with Crippen LogP contribution in [-0.2, 0) is 6.42 Å². The zero-order valence-electron chi connectivity index (χ0n) is 9.96. The summed E-state index contributed by atoms with van der Waals surface area (Å²) in [6.45, 7) is 1.98. The lowest BCUT2D eigenvalue weighted by Gasteiger charge is -2.19. The second-order valence-corrected chi connectivity index (χ2v) is 4.23. The van der Waals surface area contributed by atoms with Gasteiger partial charge in [0.1, 0.15) is 6.04 Å². The van der Waals surface area contributed by atoms with Crippen molar-refractivity contribution in [2.75, 3.05) is 0 Å². The summed E-state index contributed by atoms with van der Waals surface area (Å²) in [7, 11) is 0. The molecule has 0 fully saturated rings. The maximum Gasteiger partial charge on any atom is 0.407 e. The summed E-state index contributed by atoms with van der Waals surface area (Å²) in [5.74, 6) is 0. The highest BCUT2D eigenvalue weighted by Crippen LogP contribution is 2.35. The highest BCUT2D eigenvalue weighted by atomic mass is 19.4. The molecule has 4 heteroatoms. The summed E-state index contributed by atoms with van der Waals surface area (Å²) < 4.78 is 38.2. The van der Waals surface area contributed by atoms with Gasteiger partial charge in [0.15, 0.2) is 0 Å². The van der Waals surface area contributed by atoms with Gasteiger partial charge in [0, 0.05) is 0 Å². The first-order chi connectivity index (χ1) is 8.45. The van der Waals surface area contributed by atoms with E-state index in [2.05, 4.69) is 0 Å². The molecule has 0 unspecified atom stereocenters. The zero-order chi connectivity index (χ0) is 13.3. The zero-order valence-corrected chi connectivity index (χ0v) is 9.96. The predicted octanol–water partition coefficient (Wildman–Crippen LogP) is 3.96. The Morgan fingerprint density at radius 2 is 1.67 bits per heavy atom. The fraction of sp³-hybridized carbons (Fsp3) is 0.286. The molecule has 1 atom stereocenters. The SMILES string of the molecule is CCc1ccc([C@H](N)C(F)(F)F)c2ccccc12. The van der Waals surface area contributed by atoms with Gasteiger partial charge >= 0.3 is 6.18 Å². The first kappa shape index (κ1) is 12.9. The summed E-state index contributed by atoms with van der Waals surface area (Å²) in [5.41, 5.74) is 6.47. The number of nitrogens with two attached hydrogens (primary N) is 1. The van der Waals surface area contributed by atoms with Gasteiger partial charge in [0.05, 0.1) is 0 Å². The largest absolute Gasteiger partial charge is 0.407 e. The molecule has 0 amide bonds. The Hall–Kier alpha value is -1.55. The Morgan fingerprint density at radius 1 is 1.06 bits per heavy atom. The molecule has 0 saturated heterocycles. The normalized spacial score (nSPS) is 13.8. The molecular weight excluding hydrogens is 239 g/mol. The smallest absolute Gasteiger partial charge is 0.316 e. The van der Waals surface area contributed by atoms with Crippen molar-refractivity contribution < 1.29 is 13.2 Å². The van der Waals surface area contributed by atoms with Crippen molar-refractivity contribution in [2.24, 2.45) is 5.73 Å². The van der Waals surface area contributed by atoms with Crippen molar-refractivity contribution in [3.63, 3.8) is 0 Å². The molecule has 2 aromatic carbocycles. The van der Waals surface area contributed by atoms with Crippen LogP contribution in [0.4, 0.5) is 13.2 Å². The Labute approximate surface area is 103 Å². The van der Waals surface area contributed by atoms with Crippen LogP contribution in [0.2, 0.25) is 0 Å². The van der Waals surface area contributed by atoms with Gasteiger partial charge in [-0.15, -0.1) is 0 Å². The van der Waals surface area contributed by atoms with E-state index in [1.165, 1.54) is 6.07 Å². The molecule has 0 aromatic heterocycles. The summed E-state index contributed by atoms with van der Waals surface area (Å²) in [4.78, 5) is 0. The van der Waals surface area contributed by atoms with E-state index < -0.39 is 12.2 Å². The fourth-order valence-corrected chi connectivity index (χ4v) is 2.14. The number of hydrogen-bond donors (Lipinski definition) is 1. The van der Waals surface area contributed by atoms with Crippen LogP contribution in [-0.4, -0.2) is 6.18 Å². The Morgan fingerprint density at radius 3 is 2.22 bits per heavy atom. The average Bonchev–Trinajstić information content (AvgIpc) is 2.35. The van der Waals surface area contributed by atoms with Crippen LogP contribution in [0.15, 0.2) is 36.4 Å². The number of hydrogen-bond acceptors (Lipinski definition) is 1. The molecule has 0 spiro atoms. The fourth-order valence-electron chi connectivity index (χ4n) is 2.14. The predicted molar refractivity (Wildman–Crippen MR) is 66.3 cm³/mol. The van der Waals surface area contributed by atoms with E-state index in [9.17, 15) is 13.2 Å². The highest BCUT2D eigenvalue weighted by molar-refractivity contribution is 5.89. The van der Waals surface area contributed by atoms with Crippen molar-refractivity contribution in [1.29, 1.82) is 0 Å². The van der Waals surface area contributed by atoms with E-state index in [1.807, 2.05) is 19.1 Å². The van der Waals surface area contributed by atoms with Crippen LogP contribution in [0.25, 0.3) is 10.8 Å². The molecule has 0 heterocycles. The molecule has 0 radical (unpaired) electrons. The third-order valence-corrected chi connectivity index (χ3v) is 3.12. The molecule has 18 heavy (non-hydrogen) atoms. The van der Waals surface area contributed by atoms with Crippen molar-refractivity contribution >= 4 is 10.8 Å². The van der Waals surface area contributed by atoms with Gasteiger partial charge in [0.2, 0.25) is 0 Å². The summed E-state index contributed by atoms with van der Waals surface area (Å²) >= 11 is 0. The highest BCUT2D eigenvalue weighted by Gasteiger charge is 2.38. The van der Waals surface area contributed by atoms with Crippen LogP contribution in [0.3, 0.4) is 0 Å². The number of fused-ring (bicyclic) bond motifs is 1. The number of benzene rings is 2. The van der Waals surface area contributed by atoms with Gasteiger partial charge in [-0.3, -0.25) is 0 Å². The monoisotopic (exact) mass is 253 g/mol. The lowest BCUT2D eigenvalue weighted by atomic mass is 9.94. The van der Waals surface area contributed by atoms with E-state index >= 15 is 0 Å². The molecule has 1 nitrogen and oxygen atoms in total. The number of aryl methyl sites for hydroxylation is 1. The van der Waals surface area contributed by atoms with E-state index in [4.69, 9.17) is 5.73 Å². The van der Waals surface area contributed by atoms with Crippen molar-refractivity contribution in [1.82, 2.24) is 0 Å². The molecule has 0 aliphatic rings. The maximum atomic E-state index is 12.7. The van der Waals surface area contributed by atoms with E-state index in [0.29, 0.717) is 5.39 Å². The molecule has 96 valence electrons. The Bertz CT molecular complexity index is 560. The van der Waals surface area contributed by atoms with Gasteiger partial charge in [-0.1, -0.05) is 43.3 Å². The average molecular weight is 253 g/mol. The van der Waals surface area contributed by atoms with Crippen molar-refractivity contribution in [3.05, 3.63) is 47.5 Å². The Balaban J connectivity index is 2.67. The number of rotatable bonds is 2. The molecule has 0 saturated carbocycles. The van der Waals surface area contributed by atoms with Gasteiger partial charge in [-0.05, 0) is 28.3 Å². The van der Waals surface area contributed by atoms with Gasteiger partial charge in [-0.25, -0.2) is 0 Å². The van der Waals surface area contributed by atoms with Crippen LogP contribution in [0.1, 0.15) is 24.1 Å². The second-order valence-electron chi connectivity index (χ2n) is 4.23. The molecule has 2 N–H and O–H groups in total. The van der Waals surface area contributed by atoms with Crippen molar-refractivity contribution in [3.8, 4) is 0 Å². The molecule has 0 aliphatic carbocycles. The minimum Gasteiger partial charge on any atom is -0.316 e. The summed E-state index contributed by atoms with van der Waals surface area (Å²) in [5, 5.41) is 1.43. The first-order valence-corrected chi connectivity index (χ1v) is 5.78. The molecule has 2 rings (SSSR count). The summed E-state index contributed by atoms with van der Waals surface area (Å²) in [6.07, 6.45) is -3.64. The van der Waals surface area contributed by atoms with Crippen LogP contribution in [0, 0.1) is 0 Å². The minimum absolute atomic E-state index is 0.135. The summed E-state index contributed by atoms with van der Waals surface area (Å²) in [6, 6.07) is 8.35. The van der Waals surface area contributed by atoms with Gasteiger partial charge in [-0.2, -0.15) is 13.2 Å². The van der Waals surface area contributed by atoms with Crippen LogP contribution < -0.4 is 5.73 Å². The maximum absolute atomic E-state index is 12.7. The molecule has 0 aliphatic heterocycles. The third-order valence-electron chi connectivity index (χ3n) is 3.12. The number of halogens is 3. The topological polar surface area (TPSA) is 26.0 Å². The first-order valence-electron chi connectivity index (χ1n) is 5.78. The van der Waals surface area contributed by atoms with E-state index in [1.54, 1.807) is 18.2 Å². The standard InChI is InChI=1S/C14H14F3N/c1-2-9-7-8-12(13(18)14(15,16)17)11-6-4-3-5-10(9)11/h3-8,13H,2,18H2,1H3/t13-/m0/s1. The minimum atomic E-state index is -4.42. The second kappa shape index (κ2) is 4.61. The third kappa shape index (κ3) is 2.20. The lowest BCUT2D eigenvalue weighted by Crippen LogP contribution is -2.28. The van der Waals surface area contributed by atoms with Crippen molar-refractivity contribution in [2.45, 2.75) is 25.6 Å². The van der Waals surface area contributed by atoms with Crippen LogP contribution in [0.5, 0.6) is 0 Å². The molecular formula is C14H14F3N. The lowest BCUT2D eigenvalue weighted by molar-refractivity contribution is -0.148. The van der Waals surface area contributed by atoms with Gasteiger partial charge in [0.25, 0.3) is 0 Å². The Kier molecular flexibility index (Phi) is 3.30. The number of alkyl halides is 3. The van der Waals surface area contributed by atoms with Gasteiger partial charge < -0.3 is 5.73 Å². The quantitative estimate of drug-likeness (QED) is 0.861. The molecule has 0 bridgehead atoms. The van der Waals surface area contributed by atoms with E-state index in [0.717, 1.165) is 17.4 Å². The molecule has 2 aromatic rings.